The van der Waals surface area contributed by atoms with Gasteiger partial charge in [-0.25, -0.2) is 5.48 Å². The fourth-order valence-electron chi connectivity index (χ4n) is 2.89. The van der Waals surface area contributed by atoms with Gasteiger partial charge in [-0.2, -0.15) is 0 Å². The molecule has 1 aliphatic heterocycles. The van der Waals surface area contributed by atoms with Gasteiger partial charge in [0.25, 0.3) is 11.8 Å². The van der Waals surface area contributed by atoms with Crippen LogP contribution in [0.3, 0.4) is 0 Å². The highest BCUT2D eigenvalue weighted by Crippen LogP contribution is 2.39. The average Bonchev–Trinajstić information content (AvgIpc) is 2.99. The molecule has 6 nitrogen and oxygen atoms in total. The zero-order valence-corrected chi connectivity index (χ0v) is 13.7. The molecule has 0 saturated heterocycles. The van der Waals surface area contributed by atoms with Crippen LogP contribution >= 0.6 is 11.3 Å². The maximum atomic E-state index is 12.6. The van der Waals surface area contributed by atoms with Crippen LogP contribution in [0.25, 0.3) is 0 Å². The number of thiophene rings is 1. The molecule has 0 spiro atoms. The summed E-state index contributed by atoms with van der Waals surface area (Å²) in [7, 11) is 0. The average molecular weight is 331 g/mol. The Morgan fingerprint density at radius 3 is 2.83 bits per heavy atom. The van der Waals surface area contributed by atoms with Gasteiger partial charge >= 0.3 is 0 Å². The van der Waals surface area contributed by atoms with Crippen molar-refractivity contribution in [2.45, 2.75) is 25.8 Å². The summed E-state index contributed by atoms with van der Waals surface area (Å²) in [6.07, 6.45) is 1.60. The van der Waals surface area contributed by atoms with Gasteiger partial charge in [-0.15, -0.1) is 11.3 Å². The molecule has 1 aliphatic rings. The summed E-state index contributed by atoms with van der Waals surface area (Å²) in [5.74, 6) is -0.647. The Morgan fingerprint density at radius 2 is 2.17 bits per heavy atom. The minimum absolute atomic E-state index is 0.122. The molecule has 2 aromatic rings. The van der Waals surface area contributed by atoms with Crippen molar-refractivity contribution < 1.29 is 14.8 Å². The predicted octanol–water partition coefficient (Wildman–Crippen LogP) is 2.20. The molecule has 0 saturated carbocycles. The summed E-state index contributed by atoms with van der Waals surface area (Å²) < 4.78 is 0. The lowest BCUT2D eigenvalue weighted by molar-refractivity contribution is 0.0683. The number of carbonyl (C=O) groups is 2. The highest BCUT2D eigenvalue weighted by Gasteiger charge is 2.37. The third kappa shape index (κ3) is 2.85. The Labute approximate surface area is 137 Å². The van der Waals surface area contributed by atoms with Gasteiger partial charge in [-0.1, -0.05) is 19.9 Å². The SMILES string of the molecule is CC1(C)CN(C(=O)c2ccccn2)Cc2cc(C(=O)NO)sc21. The van der Waals surface area contributed by atoms with Crippen molar-refractivity contribution in [2.24, 2.45) is 0 Å². The Morgan fingerprint density at radius 1 is 1.39 bits per heavy atom. The minimum atomic E-state index is -0.525. The summed E-state index contributed by atoms with van der Waals surface area (Å²) in [4.78, 5) is 31.7. The van der Waals surface area contributed by atoms with Crippen molar-refractivity contribution in [3.63, 3.8) is 0 Å². The first kappa shape index (κ1) is 15.6. The van der Waals surface area contributed by atoms with Crippen molar-refractivity contribution in [2.75, 3.05) is 6.54 Å². The van der Waals surface area contributed by atoms with E-state index >= 15 is 0 Å². The monoisotopic (exact) mass is 331 g/mol. The van der Waals surface area contributed by atoms with Crippen LogP contribution in [0, 0.1) is 0 Å². The van der Waals surface area contributed by atoms with Gasteiger partial charge in [0.05, 0.1) is 4.88 Å². The molecule has 0 aliphatic carbocycles. The summed E-state index contributed by atoms with van der Waals surface area (Å²) in [5.41, 5.74) is 2.74. The zero-order chi connectivity index (χ0) is 16.6. The van der Waals surface area contributed by atoms with Crippen LogP contribution in [0.15, 0.2) is 30.5 Å². The molecule has 120 valence electrons. The van der Waals surface area contributed by atoms with Gasteiger partial charge in [0, 0.05) is 29.6 Å². The third-order valence-electron chi connectivity index (χ3n) is 3.87. The van der Waals surface area contributed by atoms with E-state index in [1.165, 1.54) is 11.3 Å². The molecule has 23 heavy (non-hydrogen) atoms. The van der Waals surface area contributed by atoms with Crippen molar-refractivity contribution in [1.82, 2.24) is 15.4 Å². The lowest BCUT2D eigenvalue weighted by atomic mass is 9.85. The van der Waals surface area contributed by atoms with Crippen molar-refractivity contribution in [3.05, 3.63) is 51.5 Å². The van der Waals surface area contributed by atoms with Gasteiger partial charge in [0.15, 0.2) is 0 Å². The van der Waals surface area contributed by atoms with E-state index in [1.807, 2.05) is 13.8 Å². The number of amides is 2. The van der Waals surface area contributed by atoms with E-state index in [2.05, 4.69) is 4.98 Å². The molecule has 2 amide bonds. The first-order chi connectivity index (χ1) is 10.9. The highest BCUT2D eigenvalue weighted by atomic mass is 32.1. The zero-order valence-electron chi connectivity index (χ0n) is 12.9. The molecule has 0 radical (unpaired) electrons. The number of hydrogen-bond donors (Lipinski definition) is 2. The van der Waals surface area contributed by atoms with Crippen LogP contribution in [0.1, 0.15) is 44.4 Å². The molecule has 3 rings (SSSR count). The van der Waals surface area contributed by atoms with Crippen LogP contribution in [0.5, 0.6) is 0 Å². The number of rotatable bonds is 2. The Hall–Kier alpha value is -2.25. The van der Waals surface area contributed by atoms with Gasteiger partial charge in [-0.3, -0.25) is 19.8 Å². The van der Waals surface area contributed by atoms with Gasteiger partial charge in [0.1, 0.15) is 5.69 Å². The molecule has 0 fully saturated rings. The fourth-order valence-corrected chi connectivity index (χ4v) is 4.05. The number of hydroxylamine groups is 1. The predicted molar refractivity (Wildman–Crippen MR) is 85.6 cm³/mol. The van der Waals surface area contributed by atoms with Gasteiger partial charge in [-0.05, 0) is 23.8 Å². The molecule has 0 aromatic carbocycles. The molecule has 0 bridgehead atoms. The molecule has 2 N–H and O–H groups in total. The summed E-state index contributed by atoms with van der Waals surface area (Å²) >= 11 is 1.36. The van der Waals surface area contributed by atoms with E-state index in [1.54, 1.807) is 40.8 Å². The number of fused-ring (bicyclic) bond motifs is 1. The molecular weight excluding hydrogens is 314 g/mol. The fraction of sp³-hybridized carbons (Fsp3) is 0.312. The summed E-state index contributed by atoms with van der Waals surface area (Å²) in [6, 6.07) is 7.00. The molecule has 3 heterocycles. The van der Waals surface area contributed by atoms with Gasteiger partial charge in [0.2, 0.25) is 0 Å². The van der Waals surface area contributed by atoms with Crippen LogP contribution in [0.4, 0.5) is 0 Å². The first-order valence-electron chi connectivity index (χ1n) is 7.20. The van der Waals surface area contributed by atoms with E-state index in [4.69, 9.17) is 5.21 Å². The maximum Gasteiger partial charge on any atom is 0.284 e. The van der Waals surface area contributed by atoms with E-state index < -0.39 is 5.91 Å². The Bertz CT molecular complexity index is 755. The van der Waals surface area contributed by atoms with Crippen molar-refractivity contribution in [3.8, 4) is 0 Å². The number of carbonyl (C=O) groups excluding carboxylic acids is 2. The minimum Gasteiger partial charge on any atom is -0.332 e. The highest BCUT2D eigenvalue weighted by molar-refractivity contribution is 7.14. The van der Waals surface area contributed by atoms with E-state index in [0.29, 0.717) is 23.7 Å². The standard InChI is InChI=1S/C16H17N3O3S/c1-16(2)9-19(15(21)11-5-3-4-6-17-11)8-10-7-12(14(20)18-22)23-13(10)16/h3-7,22H,8-9H2,1-2H3,(H,18,20). The second-order valence-electron chi connectivity index (χ2n) is 6.17. The number of nitrogens with one attached hydrogen (secondary N) is 1. The second kappa shape index (κ2) is 5.75. The smallest absolute Gasteiger partial charge is 0.284 e. The van der Waals surface area contributed by atoms with Crippen molar-refractivity contribution >= 4 is 23.2 Å². The number of pyridine rings is 1. The van der Waals surface area contributed by atoms with Crippen LogP contribution in [0.2, 0.25) is 0 Å². The number of aromatic nitrogens is 1. The summed E-state index contributed by atoms with van der Waals surface area (Å²) in [5, 5.41) is 8.80. The van der Waals surface area contributed by atoms with E-state index in [0.717, 1.165) is 10.4 Å². The molecule has 0 atom stereocenters. The number of nitrogens with zero attached hydrogens (tertiary/aromatic N) is 2. The Balaban J connectivity index is 1.93. The van der Waals surface area contributed by atoms with E-state index in [-0.39, 0.29) is 11.3 Å². The first-order valence-corrected chi connectivity index (χ1v) is 8.02. The topological polar surface area (TPSA) is 82.5 Å². The lowest BCUT2D eigenvalue weighted by Gasteiger charge is -2.37. The number of hydrogen-bond acceptors (Lipinski definition) is 5. The second-order valence-corrected chi connectivity index (χ2v) is 7.22. The van der Waals surface area contributed by atoms with Gasteiger partial charge < -0.3 is 4.90 Å². The largest absolute Gasteiger partial charge is 0.332 e. The summed E-state index contributed by atoms with van der Waals surface area (Å²) in [6.45, 7) is 5.07. The molecular formula is C16H17N3O3S. The molecule has 7 heteroatoms. The molecule has 2 aromatic heterocycles. The van der Waals surface area contributed by atoms with Crippen LogP contribution in [-0.2, 0) is 12.0 Å². The van der Waals surface area contributed by atoms with Crippen LogP contribution in [-0.4, -0.2) is 33.5 Å². The quantitative estimate of drug-likeness (QED) is 0.653. The third-order valence-corrected chi connectivity index (χ3v) is 5.41. The normalized spacial score (nSPS) is 15.9. The van der Waals surface area contributed by atoms with Crippen molar-refractivity contribution in [1.29, 1.82) is 0 Å². The van der Waals surface area contributed by atoms with E-state index in [9.17, 15) is 9.59 Å². The molecule has 0 unspecified atom stereocenters. The lowest BCUT2D eigenvalue weighted by Crippen LogP contribution is -2.44. The Kier molecular flexibility index (Phi) is 3.91. The maximum absolute atomic E-state index is 12.6. The van der Waals surface area contributed by atoms with Crippen LogP contribution < -0.4 is 5.48 Å².